The van der Waals surface area contributed by atoms with Gasteiger partial charge in [0.05, 0.1) is 6.61 Å². The predicted octanol–water partition coefficient (Wildman–Crippen LogP) is -3.20. The van der Waals surface area contributed by atoms with Crippen molar-refractivity contribution in [3.05, 3.63) is 30.3 Å². The zero-order chi connectivity index (χ0) is 10.4. The van der Waals surface area contributed by atoms with Gasteiger partial charge in [-0.2, -0.15) is 0 Å². The van der Waals surface area contributed by atoms with Crippen LogP contribution in [0.3, 0.4) is 0 Å². The first kappa shape index (κ1) is 18.9. The first-order valence-corrected chi connectivity index (χ1v) is 6.60. The van der Waals surface area contributed by atoms with Crippen LogP contribution in [0, 0.1) is 0 Å². The van der Waals surface area contributed by atoms with E-state index in [1.165, 1.54) is 0 Å². The molecule has 1 unspecified atom stereocenters. The van der Waals surface area contributed by atoms with Crippen LogP contribution in [0.15, 0.2) is 30.3 Å². The summed E-state index contributed by atoms with van der Waals surface area (Å²) in [5.41, 5.74) is 5.18. The van der Waals surface area contributed by atoms with E-state index in [1.807, 2.05) is 6.07 Å². The summed E-state index contributed by atoms with van der Waals surface area (Å²) >= 11 is 4.65. The summed E-state index contributed by atoms with van der Waals surface area (Å²) in [5, 5.41) is 0. The van der Waals surface area contributed by atoms with Gasteiger partial charge in [0.25, 0.3) is 0 Å². The summed E-state index contributed by atoms with van der Waals surface area (Å²) in [6, 6.07) is 8.65. The van der Waals surface area contributed by atoms with Crippen molar-refractivity contribution in [2.45, 2.75) is 0 Å². The summed E-state index contributed by atoms with van der Waals surface area (Å²) < 4.78 is 9.80. The zero-order valence-corrected chi connectivity index (χ0v) is 12.7. The Balaban J connectivity index is 0. The molecule has 4 N–H and O–H groups in total. The number of hydrogen-bond donors (Lipinski definition) is 1. The van der Waals surface area contributed by atoms with Crippen LogP contribution in [0.25, 0.3) is 0 Å². The van der Waals surface area contributed by atoms with Gasteiger partial charge in [-0.1, -0.05) is 18.2 Å². The van der Waals surface area contributed by atoms with E-state index >= 15 is 0 Å². The molecule has 0 spiro atoms. The smallest absolute Gasteiger partial charge is 0.770 e. The Kier molecular flexibility index (Phi) is 11.2. The van der Waals surface area contributed by atoms with Crippen molar-refractivity contribution in [2.75, 3.05) is 13.2 Å². The number of rotatable bonds is 5. The van der Waals surface area contributed by atoms with Gasteiger partial charge in [-0.05, 0) is 23.9 Å². The molecule has 0 aliphatic carbocycles. The molecule has 1 atom stereocenters. The third-order valence-corrected chi connectivity index (χ3v) is 2.80. The second-order valence-corrected chi connectivity index (χ2v) is 5.15. The first-order chi connectivity index (χ1) is 6.64. The van der Waals surface area contributed by atoms with Crippen molar-refractivity contribution < 1.29 is 49.0 Å². The minimum atomic E-state index is -3.43. The molecule has 0 saturated heterocycles. The molecule has 0 fully saturated rings. The van der Waals surface area contributed by atoms with E-state index in [0.29, 0.717) is 5.75 Å². The van der Waals surface area contributed by atoms with E-state index in [-0.39, 0.29) is 48.2 Å². The Morgan fingerprint density at radius 1 is 1.31 bits per heavy atom. The predicted molar refractivity (Wildman–Crippen MR) is 60.0 cm³/mol. The summed E-state index contributed by atoms with van der Waals surface area (Å²) in [4.78, 5) is 11.5. The average Bonchev–Trinajstić information content (AvgIpc) is 2.16. The minimum Gasteiger partial charge on any atom is -0.770 e. The third kappa shape index (κ3) is 7.73. The maximum absolute atomic E-state index is 11.5. The summed E-state index contributed by atoms with van der Waals surface area (Å²) in [6.45, 7) is -3.03. The second-order valence-electron chi connectivity index (χ2n) is 2.47. The van der Waals surface area contributed by atoms with E-state index in [9.17, 15) is 4.89 Å². The molecule has 0 amide bonds. The quantitative estimate of drug-likeness (QED) is 0.450. The van der Waals surface area contributed by atoms with Crippen LogP contribution in [0.2, 0.25) is 0 Å². The molecule has 0 aliphatic heterocycles. The van der Waals surface area contributed by atoms with Crippen LogP contribution in [-0.4, -0.2) is 18.6 Å². The van der Waals surface area contributed by atoms with Crippen LogP contribution >= 0.6 is 6.72 Å². The van der Waals surface area contributed by atoms with Crippen molar-refractivity contribution in [2.24, 2.45) is 5.73 Å². The largest absolute Gasteiger partial charge is 1.00 e. The Hall–Kier alpha value is 0.510. The topological polar surface area (TPSA) is 99.0 Å². The zero-order valence-electron chi connectivity index (χ0n) is 8.96. The number of nitrogens with two attached hydrogens (primary N) is 1. The molecule has 86 valence electrons. The van der Waals surface area contributed by atoms with E-state index < -0.39 is 6.72 Å². The van der Waals surface area contributed by atoms with Crippen LogP contribution in [0.5, 0.6) is 5.75 Å². The standard InChI is InChI=1S/C8H12NO3PS.Na.H2O/c9-6-7-11-13(10,14)12-8-4-2-1-3-5-8;;/h1-5H,6-7,9H2,(H,10,14);;1H2/q;+1;/p-1. The number of para-hydroxylation sites is 1. The van der Waals surface area contributed by atoms with Gasteiger partial charge in [-0.25, -0.2) is 0 Å². The van der Waals surface area contributed by atoms with E-state index in [1.54, 1.807) is 24.3 Å². The molecular weight excluding hydrogens is 260 g/mol. The fraction of sp³-hybridized carbons (Fsp3) is 0.250. The van der Waals surface area contributed by atoms with Gasteiger partial charge in [0.2, 0.25) is 0 Å². The average molecular weight is 273 g/mol. The molecule has 16 heavy (non-hydrogen) atoms. The maximum Gasteiger partial charge on any atom is 1.00 e. The molecule has 0 heterocycles. The van der Waals surface area contributed by atoms with Gasteiger partial charge < -0.3 is 25.2 Å². The van der Waals surface area contributed by atoms with Crippen LogP contribution < -0.4 is 44.7 Å². The van der Waals surface area contributed by atoms with Gasteiger partial charge >= 0.3 is 29.6 Å². The molecule has 5 nitrogen and oxygen atoms in total. The normalized spacial score (nSPS) is 12.9. The number of hydrogen-bond acceptors (Lipinski definition) is 5. The van der Waals surface area contributed by atoms with Gasteiger partial charge in [0.15, 0.2) is 6.72 Å². The Bertz CT molecular complexity index is 327. The van der Waals surface area contributed by atoms with Crippen LogP contribution in [0.1, 0.15) is 0 Å². The Morgan fingerprint density at radius 2 is 1.88 bits per heavy atom. The van der Waals surface area contributed by atoms with Crippen LogP contribution in [0.4, 0.5) is 0 Å². The fourth-order valence-electron chi connectivity index (χ4n) is 0.801. The monoisotopic (exact) mass is 273 g/mol. The van der Waals surface area contributed by atoms with Gasteiger partial charge in [0.1, 0.15) is 5.75 Å². The van der Waals surface area contributed by atoms with Crippen molar-refractivity contribution in [1.82, 2.24) is 0 Å². The SMILES string of the molecule is NCCOP([O-])(=S)Oc1ccccc1.O.[Na+]. The summed E-state index contributed by atoms with van der Waals surface area (Å²) in [6.07, 6.45) is 0. The second kappa shape index (κ2) is 9.53. The molecular formula is C8H13NNaO4PS. The molecule has 0 bridgehead atoms. The van der Waals surface area contributed by atoms with E-state index in [2.05, 4.69) is 11.8 Å². The molecule has 1 aromatic rings. The first-order valence-electron chi connectivity index (χ1n) is 4.04. The van der Waals surface area contributed by atoms with Crippen molar-refractivity contribution in [1.29, 1.82) is 0 Å². The Morgan fingerprint density at radius 3 is 2.38 bits per heavy atom. The van der Waals surface area contributed by atoms with Gasteiger partial charge in [0, 0.05) is 6.54 Å². The molecule has 0 aliphatic rings. The van der Waals surface area contributed by atoms with E-state index in [4.69, 9.17) is 14.8 Å². The number of benzene rings is 1. The van der Waals surface area contributed by atoms with Gasteiger partial charge in [-0.3, -0.25) is 0 Å². The molecule has 0 radical (unpaired) electrons. The fourth-order valence-corrected chi connectivity index (χ4v) is 2.04. The Labute approximate surface area is 122 Å². The summed E-state index contributed by atoms with van der Waals surface area (Å²) in [7, 11) is 0. The third-order valence-electron chi connectivity index (χ3n) is 1.33. The molecule has 0 aromatic heterocycles. The molecule has 0 saturated carbocycles. The van der Waals surface area contributed by atoms with Crippen molar-refractivity contribution in [3.63, 3.8) is 0 Å². The van der Waals surface area contributed by atoms with Crippen molar-refractivity contribution in [3.8, 4) is 5.75 Å². The van der Waals surface area contributed by atoms with Gasteiger partial charge in [-0.15, -0.1) is 0 Å². The summed E-state index contributed by atoms with van der Waals surface area (Å²) in [5.74, 6) is 0.433. The minimum absolute atomic E-state index is 0. The molecule has 1 rings (SSSR count). The molecule has 8 heteroatoms. The van der Waals surface area contributed by atoms with Crippen LogP contribution in [-0.2, 0) is 16.3 Å². The molecule has 1 aromatic carbocycles. The van der Waals surface area contributed by atoms with E-state index in [0.717, 1.165) is 0 Å². The van der Waals surface area contributed by atoms with Crippen molar-refractivity contribution >= 4 is 18.5 Å². The maximum atomic E-state index is 11.5.